The molecule has 2 atom stereocenters. The Morgan fingerprint density at radius 1 is 1.19 bits per heavy atom. The monoisotopic (exact) mass is 415 g/mol. The minimum Gasteiger partial charge on any atom is -0.342 e. The smallest absolute Gasteiger partial charge is 0.226 e. The standard InChI is InChI=1S/C21H26BrN3O/c1-2-11-25-20(7-10-23-25)16-8-12-24(13-9-16)21(26)19-14-18(19)15-3-5-17(22)6-4-15/h3-7,10,16,18-19H,2,8-9,11-14H2,1H3/t18-,19+/m0/s1. The Morgan fingerprint density at radius 2 is 1.92 bits per heavy atom. The Hall–Kier alpha value is -1.62. The Kier molecular flexibility index (Phi) is 5.16. The summed E-state index contributed by atoms with van der Waals surface area (Å²) in [5.74, 6) is 1.51. The molecule has 0 spiro atoms. The molecule has 1 amide bonds. The molecule has 1 saturated carbocycles. The summed E-state index contributed by atoms with van der Waals surface area (Å²) in [7, 11) is 0. The van der Waals surface area contributed by atoms with Crippen molar-refractivity contribution in [2.75, 3.05) is 13.1 Å². The number of likely N-dealkylation sites (tertiary alicyclic amines) is 1. The van der Waals surface area contributed by atoms with Gasteiger partial charge in [-0.05, 0) is 55.4 Å². The van der Waals surface area contributed by atoms with Crippen molar-refractivity contribution in [1.29, 1.82) is 0 Å². The van der Waals surface area contributed by atoms with E-state index in [4.69, 9.17) is 0 Å². The number of benzene rings is 1. The zero-order valence-electron chi connectivity index (χ0n) is 15.3. The first-order valence-electron chi connectivity index (χ1n) is 9.73. The van der Waals surface area contributed by atoms with Crippen LogP contribution in [0.15, 0.2) is 41.0 Å². The highest BCUT2D eigenvalue weighted by molar-refractivity contribution is 9.10. The number of aromatic nitrogens is 2. The molecule has 26 heavy (non-hydrogen) atoms. The van der Waals surface area contributed by atoms with E-state index in [0.717, 1.165) is 49.8 Å². The first-order valence-corrected chi connectivity index (χ1v) is 10.5. The quantitative estimate of drug-likeness (QED) is 0.717. The van der Waals surface area contributed by atoms with Crippen molar-refractivity contribution in [3.8, 4) is 0 Å². The van der Waals surface area contributed by atoms with E-state index in [1.54, 1.807) is 0 Å². The van der Waals surface area contributed by atoms with E-state index in [-0.39, 0.29) is 5.92 Å². The minimum absolute atomic E-state index is 0.193. The predicted molar refractivity (Wildman–Crippen MR) is 106 cm³/mol. The average molecular weight is 416 g/mol. The number of carbonyl (C=O) groups excluding carboxylic acids is 1. The summed E-state index contributed by atoms with van der Waals surface area (Å²) < 4.78 is 3.24. The molecular weight excluding hydrogens is 390 g/mol. The van der Waals surface area contributed by atoms with E-state index >= 15 is 0 Å². The highest BCUT2D eigenvalue weighted by Gasteiger charge is 2.46. The van der Waals surface area contributed by atoms with Crippen molar-refractivity contribution in [2.45, 2.75) is 51.0 Å². The average Bonchev–Trinajstić information content (AvgIpc) is 3.33. The first-order chi connectivity index (χ1) is 12.7. The molecule has 4 rings (SSSR count). The summed E-state index contributed by atoms with van der Waals surface area (Å²) >= 11 is 3.48. The molecule has 0 N–H and O–H groups in total. The maximum Gasteiger partial charge on any atom is 0.226 e. The van der Waals surface area contributed by atoms with Gasteiger partial charge in [0.2, 0.25) is 5.91 Å². The van der Waals surface area contributed by atoms with E-state index in [1.165, 1.54) is 11.3 Å². The van der Waals surface area contributed by atoms with Crippen molar-refractivity contribution < 1.29 is 4.79 Å². The molecule has 1 aromatic carbocycles. The van der Waals surface area contributed by atoms with Crippen LogP contribution in [0.3, 0.4) is 0 Å². The fourth-order valence-electron chi connectivity index (χ4n) is 4.26. The summed E-state index contributed by atoms with van der Waals surface area (Å²) in [6.07, 6.45) is 6.12. The molecule has 1 aromatic heterocycles. The van der Waals surface area contributed by atoms with Gasteiger partial charge in [0, 0.05) is 47.8 Å². The van der Waals surface area contributed by atoms with Crippen LogP contribution in [-0.2, 0) is 11.3 Å². The lowest BCUT2D eigenvalue weighted by Gasteiger charge is -2.32. The lowest BCUT2D eigenvalue weighted by Crippen LogP contribution is -2.39. The van der Waals surface area contributed by atoms with Gasteiger partial charge in [0.15, 0.2) is 0 Å². The highest BCUT2D eigenvalue weighted by Crippen LogP contribution is 2.49. The van der Waals surface area contributed by atoms with E-state index in [0.29, 0.717) is 17.7 Å². The molecule has 5 heteroatoms. The summed E-state index contributed by atoms with van der Waals surface area (Å²) in [5.41, 5.74) is 2.64. The fourth-order valence-corrected chi connectivity index (χ4v) is 4.53. The van der Waals surface area contributed by atoms with Gasteiger partial charge < -0.3 is 4.90 Å². The van der Waals surface area contributed by atoms with Gasteiger partial charge in [0.25, 0.3) is 0 Å². The number of halogens is 1. The van der Waals surface area contributed by atoms with Crippen LogP contribution in [0.5, 0.6) is 0 Å². The molecule has 2 fully saturated rings. The number of nitrogens with zero attached hydrogens (tertiary/aromatic N) is 3. The fraction of sp³-hybridized carbons (Fsp3) is 0.524. The molecule has 1 saturated heterocycles. The number of amides is 1. The first kappa shape index (κ1) is 17.8. The van der Waals surface area contributed by atoms with Gasteiger partial charge in [0.05, 0.1) is 0 Å². The Labute approximate surface area is 163 Å². The number of piperidine rings is 1. The van der Waals surface area contributed by atoms with Gasteiger partial charge >= 0.3 is 0 Å². The molecule has 0 bridgehead atoms. The van der Waals surface area contributed by atoms with Crippen LogP contribution in [-0.4, -0.2) is 33.7 Å². The lowest BCUT2D eigenvalue weighted by atomic mass is 9.93. The number of hydrogen-bond donors (Lipinski definition) is 0. The van der Waals surface area contributed by atoms with Crippen LogP contribution in [0.4, 0.5) is 0 Å². The third-order valence-corrected chi connectivity index (χ3v) is 6.34. The van der Waals surface area contributed by atoms with Crippen LogP contribution in [0.1, 0.15) is 55.7 Å². The SMILES string of the molecule is CCCn1nccc1C1CCN(C(=O)[C@@H]2C[C@H]2c2ccc(Br)cc2)CC1. The van der Waals surface area contributed by atoms with Crippen LogP contribution >= 0.6 is 15.9 Å². The molecular formula is C21H26BrN3O. The molecule has 1 aliphatic carbocycles. The topological polar surface area (TPSA) is 38.1 Å². The molecule has 2 heterocycles. The van der Waals surface area contributed by atoms with Crippen molar-refractivity contribution in [1.82, 2.24) is 14.7 Å². The number of carbonyl (C=O) groups is 1. The zero-order valence-corrected chi connectivity index (χ0v) is 16.9. The summed E-state index contributed by atoms with van der Waals surface area (Å²) in [6, 6.07) is 10.6. The van der Waals surface area contributed by atoms with E-state index in [2.05, 4.69) is 67.9 Å². The second-order valence-electron chi connectivity index (χ2n) is 7.58. The van der Waals surface area contributed by atoms with Gasteiger partial charge in [-0.1, -0.05) is 35.0 Å². The summed E-state index contributed by atoms with van der Waals surface area (Å²) in [5, 5.41) is 4.46. The van der Waals surface area contributed by atoms with E-state index in [1.807, 2.05) is 6.20 Å². The third kappa shape index (κ3) is 3.59. The molecule has 138 valence electrons. The molecule has 4 nitrogen and oxygen atoms in total. The molecule has 0 unspecified atom stereocenters. The Balaban J connectivity index is 1.33. The van der Waals surface area contributed by atoms with Crippen LogP contribution in [0.2, 0.25) is 0 Å². The second-order valence-corrected chi connectivity index (χ2v) is 8.49. The largest absolute Gasteiger partial charge is 0.342 e. The Morgan fingerprint density at radius 3 is 2.62 bits per heavy atom. The van der Waals surface area contributed by atoms with Gasteiger partial charge in [-0.15, -0.1) is 0 Å². The van der Waals surface area contributed by atoms with Crippen molar-refractivity contribution in [3.05, 3.63) is 52.3 Å². The highest BCUT2D eigenvalue weighted by atomic mass is 79.9. The molecule has 0 radical (unpaired) electrons. The van der Waals surface area contributed by atoms with E-state index < -0.39 is 0 Å². The number of hydrogen-bond acceptors (Lipinski definition) is 2. The number of aryl methyl sites for hydroxylation is 1. The molecule has 1 aliphatic heterocycles. The van der Waals surface area contributed by atoms with Gasteiger partial charge in [-0.2, -0.15) is 5.10 Å². The molecule has 2 aliphatic rings. The van der Waals surface area contributed by atoms with Crippen molar-refractivity contribution in [2.24, 2.45) is 5.92 Å². The maximum atomic E-state index is 12.9. The second kappa shape index (κ2) is 7.55. The Bertz CT molecular complexity index is 762. The zero-order chi connectivity index (χ0) is 18.1. The molecule has 2 aromatic rings. The van der Waals surface area contributed by atoms with Crippen molar-refractivity contribution >= 4 is 21.8 Å². The van der Waals surface area contributed by atoms with E-state index in [9.17, 15) is 4.79 Å². The van der Waals surface area contributed by atoms with Crippen molar-refractivity contribution in [3.63, 3.8) is 0 Å². The van der Waals surface area contributed by atoms with Gasteiger partial charge in [0.1, 0.15) is 0 Å². The van der Waals surface area contributed by atoms with Gasteiger partial charge in [-0.25, -0.2) is 0 Å². The normalized spacial score (nSPS) is 23.2. The summed E-state index contributed by atoms with van der Waals surface area (Å²) in [4.78, 5) is 15.0. The summed E-state index contributed by atoms with van der Waals surface area (Å²) in [6.45, 7) is 4.93. The lowest BCUT2D eigenvalue weighted by molar-refractivity contribution is -0.133. The number of rotatable bonds is 5. The third-order valence-electron chi connectivity index (χ3n) is 5.82. The van der Waals surface area contributed by atoms with Crippen LogP contribution in [0, 0.1) is 5.92 Å². The van der Waals surface area contributed by atoms with Crippen LogP contribution in [0.25, 0.3) is 0 Å². The van der Waals surface area contributed by atoms with Crippen LogP contribution < -0.4 is 0 Å². The predicted octanol–water partition coefficient (Wildman–Crippen LogP) is 4.57. The minimum atomic E-state index is 0.193. The van der Waals surface area contributed by atoms with Gasteiger partial charge in [-0.3, -0.25) is 9.48 Å². The maximum absolute atomic E-state index is 12.9.